The molecule has 11 amide bonds. The molecule has 41 heteroatoms. The number of unbranched alkanes of at least 4 members (excludes halogenated alkanes) is 1. The van der Waals surface area contributed by atoms with Crippen molar-refractivity contribution in [2.75, 3.05) is 39.2 Å². The number of rotatable bonds is 23. The lowest BCUT2D eigenvalue weighted by atomic mass is 9.54. The van der Waals surface area contributed by atoms with E-state index >= 15 is 28.8 Å². The molecule has 23 N–H and O–H groups in total. The van der Waals surface area contributed by atoms with E-state index in [-0.39, 0.29) is 88.8 Å². The van der Waals surface area contributed by atoms with Crippen molar-refractivity contribution < 1.29 is 127 Å². The lowest BCUT2D eigenvalue weighted by molar-refractivity contribution is -0.333. The Kier molecular flexibility index (Phi) is 30.1. The molecule has 11 aliphatic rings. The predicted molar refractivity (Wildman–Crippen MR) is 471 cm³/mol. The highest BCUT2D eigenvalue weighted by atomic mass is 35.5. The smallest absolute Gasteiger partial charge is 0.325 e. The number of nitrogens with one attached hydrogen (secondary N) is 12. The van der Waals surface area contributed by atoms with Crippen molar-refractivity contribution in [1.82, 2.24) is 58.5 Å². The van der Waals surface area contributed by atoms with Crippen LogP contribution >= 0.6 is 23.2 Å². The van der Waals surface area contributed by atoms with Gasteiger partial charge in [-0.25, -0.2) is 4.79 Å². The summed E-state index contributed by atoms with van der Waals surface area (Å²) in [7, 11) is 2.87. The fourth-order valence-electron chi connectivity index (χ4n) is 19.0. The van der Waals surface area contributed by atoms with Crippen LogP contribution in [0.2, 0.25) is 10.0 Å². The third-order valence-electron chi connectivity index (χ3n) is 25.6. The van der Waals surface area contributed by atoms with E-state index in [1.165, 1.54) is 83.5 Å². The van der Waals surface area contributed by atoms with Gasteiger partial charge in [-0.15, -0.1) is 0 Å². The average Bonchev–Trinajstić information content (AvgIpc) is 0.748. The topological polar surface area (TPSA) is 588 Å². The number of benzene rings is 6. The van der Waals surface area contributed by atoms with Crippen molar-refractivity contribution in [1.29, 1.82) is 0 Å². The number of methoxy groups -OCH3 is 1. The molecule has 39 nitrogen and oxygen atoms in total. The minimum absolute atomic E-state index is 0.0178. The lowest BCUT2D eigenvalue weighted by Crippen LogP contribution is -2.64. The molecule has 0 radical (unpaired) electrons. The van der Waals surface area contributed by atoms with Crippen molar-refractivity contribution in [3.63, 3.8) is 0 Å². The SMILES string of the molecule is CN[C@H](CC(C)C)C(=O)N[C@H]1C(=O)N[C@@H](CC(=O)NC(=O)Nc2ccc(OC)cc2)C(=O)N[C@H]2C(=O)N[C@H]3C(=O)N[C@H](C(=O)N[C@H](C(=O)NC4C5CC6CC(C5)CC4C6)c4cc(O)c(CNCCCCNC(C)=O)c(O)c4-c4cc3ccc4O)[C@H](O)c3ccc(c(Cl)c3)Oc3cc2cc(c3O[C@@H]2O[C@H](CO)[C@@H](O)[C@H](O)[C@H]2O[C@H]2C[C@](C)(N)[C@H](O)[C@H](C)O2)Oc2ccc(cc2Cl)[C@H]1O. The summed E-state index contributed by atoms with van der Waals surface area (Å²) in [5.41, 5.74) is 2.69. The minimum Gasteiger partial charge on any atom is -0.507 e. The van der Waals surface area contributed by atoms with Gasteiger partial charge < -0.3 is 143 Å². The van der Waals surface area contributed by atoms with Crippen LogP contribution in [0.25, 0.3) is 11.1 Å². The molecule has 4 saturated carbocycles. The van der Waals surface area contributed by atoms with Gasteiger partial charge in [0.05, 0.1) is 54.0 Å². The Bertz CT molecular complexity index is 5340. The summed E-state index contributed by atoms with van der Waals surface area (Å²) in [6, 6.07) is 3.32. The van der Waals surface area contributed by atoms with E-state index in [4.69, 9.17) is 62.1 Å². The number of halogens is 2. The predicted octanol–water partition coefficient (Wildman–Crippen LogP) is 3.84. The number of imide groups is 1. The number of nitrogens with two attached hydrogens (primary N) is 1. The molecule has 132 heavy (non-hydrogen) atoms. The van der Waals surface area contributed by atoms with Crippen LogP contribution in [0.1, 0.15) is 163 Å². The van der Waals surface area contributed by atoms with Crippen LogP contribution in [0.4, 0.5) is 10.5 Å². The summed E-state index contributed by atoms with van der Waals surface area (Å²) in [5.74, 6) is -14.0. The summed E-state index contributed by atoms with van der Waals surface area (Å²) in [6.07, 6.45) is -13.9. The summed E-state index contributed by atoms with van der Waals surface area (Å²) in [4.78, 5) is 152. The number of anilines is 1. The zero-order valence-corrected chi connectivity index (χ0v) is 74.7. The second-order valence-electron chi connectivity index (χ2n) is 35.7. The fourth-order valence-corrected chi connectivity index (χ4v) is 19.5. The van der Waals surface area contributed by atoms with Crippen molar-refractivity contribution in [2.45, 2.75) is 221 Å². The number of aliphatic hydroxyl groups excluding tert-OH is 6. The van der Waals surface area contributed by atoms with E-state index in [2.05, 4.69) is 63.8 Å². The number of ether oxygens (including phenoxy) is 7. The first-order chi connectivity index (χ1) is 62.8. The van der Waals surface area contributed by atoms with Crippen LogP contribution in [0, 0.1) is 29.6 Å². The Morgan fingerprint density at radius 1 is 0.674 bits per heavy atom. The van der Waals surface area contributed by atoms with Gasteiger partial charge in [-0.05, 0) is 215 Å². The van der Waals surface area contributed by atoms with E-state index in [0.717, 1.165) is 80.6 Å². The van der Waals surface area contributed by atoms with E-state index < -0.39 is 249 Å². The molecule has 0 unspecified atom stereocenters. The van der Waals surface area contributed by atoms with Gasteiger partial charge in [0.25, 0.3) is 0 Å². The van der Waals surface area contributed by atoms with Gasteiger partial charge in [0.2, 0.25) is 65.2 Å². The molecule has 0 spiro atoms. The Morgan fingerprint density at radius 3 is 1.91 bits per heavy atom. The first-order valence-corrected chi connectivity index (χ1v) is 44.6. The van der Waals surface area contributed by atoms with E-state index in [0.29, 0.717) is 37.0 Å². The lowest BCUT2D eigenvalue weighted by Gasteiger charge is -2.54. The molecule has 18 atom stereocenters. The van der Waals surface area contributed by atoms with E-state index in [9.17, 15) is 65.1 Å². The van der Waals surface area contributed by atoms with Crippen LogP contribution < -0.4 is 88.5 Å². The maximum absolute atomic E-state index is 16.8. The molecule has 17 rings (SSSR count). The second-order valence-corrected chi connectivity index (χ2v) is 36.5. The monoisotopic (exact) mass is 1870 g/mol. The molecule has 6 aromatic rings. The van der Waals surface area contributed by atoms with Crippen molar-refractivity contribution in [3.8, 4) is 62.9 Å². The minimum atomic E-state index is -2.45. The Morgan fingerprint density at radius 2 is 1.30 bits per heavy atom. The number of amides is 11. The molecular formula is C91H111Cl2N13O26. The first kappa shape index (κ1) is 96.8. The van der Waals surface area contributed by atoms with Crippen LogP contribution in [0.5, 0.6) is 51.7 Å². The van der Waals surface area contributed by atoms with Crippen LogP contribution in [0.3, 0.4) is 0 Å². The van der Waals surface area contributed by atoms with Crippen molar-refractivity contribution >= 4 is 88.1 Å². The van der Waals surface area contributed by atoms with Gasteiger partial charge in [0.1, 0.15) is 101 Å². The number of phenols is 3. The van der Waals surface area contributed by atoms with E-state index in [1.54, 1.807) is 0 Å². The molecule has 6 fully saturated rings. The highest BCUT2D eigenvalue weighted by Gasteiger charge is 2.54. The van der Waals surface area contributed by atoms with Gasteiger partial charge in [0.15, 0.2) is 23.9 Å². The Labute approximate surface area is 768 Å². The maximum Gasteiger partial charge on any atom is 0.325 e. The standard InChI is InChI=1S/C91H111Cl2N13O26/c1-38(2)22-56(95-6)82(118)105-72-74(112)44-11-18-60(54(92)29-44)128-62-31-48-32-63(79(62)132-89-80(78(116)77(115)64(37-107)130-89)131-66-35-91(5,94)81(117)39(3)127-66)129-61-19-12-45(30-55(61)93)75(113)73-88(124)104-71(86(122)101-68-46-24-41-23-42(26-46)27-47(68)25-41)52-33-59(110)53(36-96-20-8-9-21-97-40(4)108)76(114)67(52)51-28-43(10-17-58(51)109)69(84(120)106-73)103-85(121)70(48)102-83(119)57(99-87(72)123)34-65(111)100-90(125)98-49-13-15-50(126-7)16-14-49/h10-19,28-33,38-39,41-42,46-47,56-57,64,66,68-75,77-78,80-81,89,95-96,107,109-110,112-117H,8-9,20-27,34-37,94H2,1-7H3,(H,97,108)(H,99,123)(H,101,122)(H,102,119)(H,103,121)(H,104,124)(H,105,118)(H,106,120)(H2,98,100,111,125)/t39-,41?,42?,46?,47?,56+,57-,64+,66-,68?,69+,70+,71-,72+,73-,74+,75+,77+,78-,80+,81+,89-,91-/m0/s1. The Hall–Kier alpha value is -11.3. The number of fused-ring (bicyclic) bond motifs is 15. The van der Waals surface area contributed by atoms with Gasteiger partial charge >= 0.3 is 6.03 Å². The highest BCUT2D eigenvalue weighted by Crippen LogP contribution is 2.55. The maximum atomic E-state index is 16.8. The average molecular weight is 1870 g/mol. The molecular weight excluding hydrogens is 1760 g/mol. The molecule has 2 saturated heterocycles. The molecule has 6 aromatic carbocycles. The molecule has 7 aliphatic heterocycles. The number of phenolic OH excluding ortho intramolecular Hbond substituents is 3. The number of urea groups is 1. The number of likely N-dealkylation sites (N-methyl/N-ethyl adjacent to an activating group) is 1. The first-order valence-electron chi connectivity index (χ1n) is 43.8. The number of aromatic hydroxyl groups is 3. The third-order valence-corrected chi connectivity index (χ3v) is 26.2. The molecule has 710 valence electrons. The number of hydrogen-bond donors (Lipinski definition) is 22. The zero-order valence-electron chi connectivity index (χ0n) is 73.2. The van der Waals surface area contributed by atoms with Gasteiger partial charge in [-0.2, -0.15) is 0 Å². The number of hydrogen-bond acceptors (Lipinski definition) is 29. The Balaban J connectivity index is 0.972. The fraction of sp³-hybridized carbons (Fsp3) is 0.495. The van der Waals surface area contributed by atoms with Gasteiger partial charge in [0, 0.05) is 54.8 Å². The summed E-state index contributed by atoms with van der Waals surface area (Å²) >= 11 is 14.6. The molecule has 0 aromatic heterocycles. The highest BCUT2D eigenvalue weighted by molar-refractivity contribution is 6.32. The molecule has 4 aliphatic carbocycles. The van der Waals surface area contributed by atoms with Gasteiger partial charge in [-0.1, -0.05) is 55.2 Å². The van der Waals surface area contributed by atoms with Crippen LogP contribution in [-0.4, -0.2) is 224 Å². The quantitative estimate of drug-likeness (QED) is 0.0405. The second kappa shape index (κ2) is 41.1. The molecule has 7 heterocycles. The molecule has 15 bridgehead atoms. The van der Waals surface area contributed by atoms with E-state index in [1.807, 2.05) is 13.8 Å². The number of carbonyl (C=O) groups is 10. The largest absolute Gasteiger partial charge is 0.507 e. The summed E-state index contributed by atoms with van der Waals surface area (Å²) < 4.78 is 44.4. The summed E-state index contributed by atoms with van der Waals surface area (Å²) in [5, 5.41) is 141. The van der Waals surface area contributed by atoms with Crippen molar-refractivity contribution in [3.05, 3.63) is 140 Å². The van der Waals surface area contributed by atoms with Crippen LogP contribution in [0.15, 0.2) is 97.1 Å². The van der Waals surface area contributed by atoms with Crippen molar-refractivity contribution in [2.24, 2.45) is 35.3 Å². The number of aliphatic hydroxyl groups is 6. The van der Waals surface area contributed by atoms with Crippen LogP contribution in [-0.2, 0) is 63.9 Å². The normalized spacial score (nSPS) is 29.3. The summed E-state index contributed by atoms with van der Waals surface area (Å²) in [6.45, 7) is 7.31. The third kappa shape index (κ3) is 21.5. The zero-order chi connectivity index (χ0) is 94.7. The van der Waals surface area contributed by atoms with Gasteiger partial charge in [-0.3, -0.25) is 48.5 Å². The number of carbonyl (C=O) groups excluding carboxylic acids is 10.